The molecule has 2 fully saturated rings. The maximum Gasteiger partial charge on any atom is 0.290 e. The molecule has 18 heavy (non-hydrogen) atoms. The summed E-state index contributed by atoms with van der Waals surface area (Å²) in [6.07, 6.45) is 6.15. The van der Waals surface area contributed by atoms with Crippen LogP contribution in [0, 0.1) is 17.8 Å². The van der Waals surface area contributed by atoms with Gasteiger partial charge >= 0.3 is 0 Å². The Labute approximate surface area is 107 Å². The zero-order valence-corrected chi connectivity index (χ0v) is 10.8. The normalized spacial score (nSPS) is 19.2. The molecule has 3 rings (SSSR count). The fourth-order valence-corrected chi connectivity index (χ4v) is 2.61. The molecular formula is C13H20N4O. The molecule has 5 heteroatoms. The fourth-order valence-electron chi connectivity index (χ4n) is 2.61. The highest BCUT2D eigenvalue weighted by Gasteiger charge is 2.41. The molecule has 0 aromatic carbocycles. The number of H-pyrrole nitrogens is 1. The topological polar surface area (TPSA) is 70.7 Å². The molecule has 0 unspecified atom stereocenters. The second-order valence-electron chi connectivity index (χ2n) is 5.51. The van der Waals surface area contributed by atoms with E-state index in [0.717, 1.165) is 30.6 Å². The van der Waals surface area contributed by atoms with Crippen LogP contribution in [0.25, 0.3) is 0 Å². The molecule has 0 aliphatic heterocycles. The number of aromatic amines is 1. The van der Waals surface area contributed by atoms with Crippen LogP contribution in [0.5, 0.6) is 0 Å². The van der Waals surface area contributed by atoms with Crippen LogP contribution in [-0.4, -0.2) is 27.6 Å². The van der Waals surface area contributed by atoms with Crippen LogP contribution in [0.4, 0.5) is 0 Å². The van der Waals surface area contributed by atoms with Crippen LogP contribution in [0.15, 0.2) is 0 Å². The minimum absolute atomic E-state index is 0.141. The average Bonchev–Trinajstić information content (AvgIpc) is 3.30. The summed E-state index contributed by atoms with van der Waals surface area (Å²) in [5, 5.41) is 9.71. The van der Waals surface area contributed by atoms with Crippen molar-refractivity contribution < 1.29 is 4.79 Å². The van der Waals surface area contributed by atoms with Crippen molar-refractivity contribution in [2.24, 2.45) is 17.8 Å². The Balaban J connectivity index is 1.53. The molecule has 2 N–H and O–H groups in total. The summed E-state index contributed by atoms with van der Waals surface area (Å²) in [6, 6.07) is 0. The number of aromatic nitrogens is 3. The Hall–Kier alpha value is -1.39. The number of carbonyl (C=O) groups excluding carboxylic acids is 1. The number of aryl methyl sites for hydroxylation is 1. The lowest BCUT2D eigenvalue weighted by Gasteiger charge is -2.15. The lowest BCUT2D eigenvalue weighted by atomic mass is 9.98. The van der Waals surface area contributed by atoms with Gasteiger partial charge in [-0.15, -0.1) is 5.10 Å². The SMILES string of the molecule is CCc1nc(C(=O)NCC(C2CC2)C2CC2)n[nH]1. The van der Waals surface area contributed by atoms with Gasteiger partial charge in [0.2, 0.25) is 5.82 Å². The van der Waals surface area contributed by atoms with Gasteiger partial charge in [0.25, 0.3) is 5.91 Å². The van der Waals surface area contributed by atoms with Crippen LogP contribution in [0.2, 0.25) is 0 Å². The van der Waals surface area contributed by atoms with Crippen LogP contribution in [0.3, 0.4) is 0 Å². The van der Waals surface area contributed by atoms with E-state index in [1.807, 2.05) is 6.92 Å². The molecule has 2 aliphatic rings. The first-order chi connectivity index (χ1) is 8.78. The number of carbonyl (C=O) groups is 1. The Morgan fingerprint density at radius 1 is 1.39 bits per heavy atom. The summed E-state index contributed by atoms with van der Waals surface area (Å²) >= 11 is 0. The summed E-state index contributed by atoms with van der Waals surface area (Å²) in [6.45, 7) is 2.78. The number of nitrogens with one attached hydrogen (secondary N) is 2. The van der Waals surface area contributed by atoms with E-state index in [9.17, 15) is 4.79 Å². The number of nitrogens with zero attached hydrogens (tertiary/aromatic N) is 2. The van der Waals surface area contributed by atoms with Crippen molar-refractivity contribution in [1.82, 2.24) is 20.5 Å². The van der Waals surface area contributed by atoms with Gasteiger partial charge in [0.15, 0.2) is 0 Å². The summed E-state index contributed by atoms with van der Waals surface area (Å²) in [5.74, 6) is 3.31. The largest absolute Gasteiger partial charge is 0.349 e. The molecule has 0 bridgehead atoms. The summed E-state index contributed by atoms with van der Waals surface area (Å²) in [5.41, 5.74) is 0. The standard InChI is InChI=1S/C13H20N4O/c1-2-11-15-12(17-16-11)13(18)14-7-10(8-3-4-8)9-5-6-9/h8-10H,2-7H2,1H3,(H,14,18)(H,15,16,17). The van der Waals surface area contributed by atoms with Gasteiger partial charge in [0.1, 0.15) is 5.82 Å². The van der Waals surface area contributed by atoms with Gasteiger partial charge in [-0.05, 0) is 43.4 Å². The first kappa shape index (κ1) is 11.7. The van der Waals surface area contributed by atoms with Crippen LogP contribution in [0.1, 0.15) is 49.1 Å². The minimum atomic E-state index is -0.141. The van der Waals surface area contributed by atoms with Gasteiger partial charge in [-0.2, -0.15) is 0 Å². The number of amides is 1. The lowest BCUT2D eigenvalue weighted by molar-refractivity contribution is 0.0933. The highest BCUT2D eigenvalue weighted by atomic mass is 16.2. The molecule has 1 aromatic rings. The summed E-state index contributed by atoms with van der Waals surface area (Å²) in [4.78, 5) is 16.1. The van der Waals surface area contributed by atoms with Crippen molar-refractivity contribution in [3.05, 3.63) is 11.6 Å². The average molecular weight is 248 g/mol. The zero-order valence-electron chi connectivity index (χ0n) is 10.8. The second kappa shape index (κ2) is 4.71. The van der Waals surface area contributed by atoms with Crippen molar-refractivity contribution in [3.8, 4) is 0 Å². The van der Waals surface area contributed by atoms with Gasteiger partial charge in [-0.25, -0.2) is 4.98 Å². The Morgan fingerprint density at radius 3 is 2.56 bits per heavy atom. The maximum atomic E-state index is 11.9. The Bertz CT molecular complexity index is 422. The molecule has 1 amide bonds. The predicted octanol–water partition coefficient (Wildman–Crippen LogP) is 1.53. The molecule has 1 aromatic heterocycles. The first-order valence-electron chi connectivity index (χ1n) is 6.97. The second-order valence-corrected chi connectivity index (χ2v) is 5.51. The Morgan fingerprint density at radius 2 is 2.06 bits per heavy atom. The molecule has 2 aliphatic carbocycles. The molecule has 0 spiro atoms. The van der Waals surface area contributed by atoms with Gasteiger partial charge in [-0.3, -0.25) is 9.89 Å². The van der Waals surface area contributed by atoms with Crippen LogP contribution >= 0.6 is 0 Å². The third kappa shape index (κ3) is 2.54. The number of hydrogen-bond donors (Lipinski definition) is 2. The van der Waals surface area contributed by atoms with Crippen molar-refractivity contribution in [1.29, 1.82) is 0 Å². The van der Waals surface area contributed by atoms with E-state index in [1.165, 1.54) is 25.7 Å². The predicted molar refractivity (Wildman–Crippen MR) is 67.0 cm³/mol. The number of rotatable bonds is 6. The molecule has 0 radical (unpaired) electrons. The molecule has 5 nitrogen and oxygen atoms in total. The quantitative estimate of drug-likeness (QED) is 0.802. The van der Waals surface area contributed by atoms with E-state index in [2.05, 4.69) is 20.5 Å². The smallest absolute Gasteiger partial charge is 0.290 e. The van der Waals surface area contributed by atoms with Crippen molar-refractivity contribution >= 4 is 5.91 Å². The van der Waals surface area contributed by atoms with Gasteiger partial charge < -0.3 is 5.32 Å². The zero-order chi connectivity index (χ0) is 12.5. The van der Waals surface area contributed by atoms with Gasteiger partial charge in [-0.1, -0.05) is 6.92 Å². The Kier molecular flexibility index (Phi) is 3.06. The molecule has 1 heterocycles. The summed E-state index contributed by atoms with van der Waals surface area (Å²) < 4.78 is 0. The summed E-state index contributed by atoms with van der Waals surface area (Å²) in [7, 11) is 0. The molecule has 0 atom stereocenters. The van der Waals surface area contributed by atoms with E-state index in [0.29, 0.717) is 5.92 Å². The number of hydrogen-bond acceptors (Lipinski definition) is 3. The van der Waals surface area contributed by atoms with Gasteiger partial charge in [0, 0.05) is 13.0 Å². The van der Waals surface area contributed by atoms with Gasteiger partial charge in [0.05, 0.1) is 0 Å². The first-order valence-corrected chi connectivity index (χ1v) is 6.97. The van der Waals surface area contributed by atoms with Crippen molar-refractivity contribution in [2.45, 2.75) is 39.0 Å². The highest BCUT2D eigenvalue weighted by molar-refractivity contribution is 5.90. The third-order valence-corrected chi connectivity index (χ3v) is 4.02. The fraction of sp³-hybridized carbons (Fsp3) is 0.769. The van der Waals surface area contributed by atoms with E-state index in [1.54, 1.807) is 0 Å². The van der Waals surface area contributed by atoms with Crippen LogP contribution in [-0.2, 0) is 6.42 Å². The van der Waals surface area contributed by atoms with E-state index < -0.39 is 0 Å². The lowest BCUT2D eigenvalue weighted by Crippen LogP contribution is -2.31. The molecule has 98 valence electrons. The van der Waals surface area contributed by atoms with Crippen molar-refractivity contribution in [3.63, 3.8) is 0 Å². The maximum absolute atomic E-state index is 11.9. The molecular weight excluding hydrogens is 228 g/mol. The monoisotopic (exact) mass is 248 g/mol. The third-order valence-electron chi connectivity index (χ3n) is 4.02. The van der Waals surface area contributed by atoms with Crippen molar-refractivity contribution in [2.75, 3.05) is 6.54 Å². The van der Waals surface area contributed by atoms with E-state index in [4.69, 9.17) is 0 Å². The molecule has 0 saturated heterocycles. The van der Waals surface area contributed by atoms with E-state index in [-0.39, 0.29) is 11.7 Å². The van der Waals surface area contributed by atoms with E-state index >= 15 is 0 Å². The minimum Gasteiger partial charge on any atom is -0.349 e. The highest BCUT2D eigenvalue weighted by Crippen LogP contribution is 2.48. The molecule has 2 saturated carbocycles. The van der Waals surface area contributed by atoms with Crippen LogP contribution < -0.4 is 5.32 Å².